The lowest BCUT2D eigenvalue weighted by Gasteiger charge is -1.99. The minimum atomic E-state index is 0.255. The molecule has 1 aromatic carbocycles. The molecule has 94 valence electrons. The number of halogens is 1. The molecule has 0 saturated heterocycles. The smallest absolute Gasteiger partial charge is 0.399 e. The molecule has 5 heteroatoms. The number of rotatable bonds is 5. The van der Waals surface area contributed by atoms with Crippen LogP contribution in [0.5, 0.6) is 11.8 Å². The minimum absolute atomic E-state index is 0.255. The van der Waals surface area contributed by atoms with Crippen LogP contribution >= 0.6 is 11.6 Å². The van der Waals surface area contributed by atoms with Gasteiger partial charge in [0.2, 0.25) is 0 Å². The molecule has 2 aromatic rings. The molecule has 1 aromatic heterocycles. The van der Waals surface area contributed by atoms with Crippen LogP contribution in [0.4, 0.5) is 0 Å². The average molecular weight is 265 g/mol. The van der Waals surface area contributed by atoms with Crippen LogP contribution in [0.15, 0.2) is 34.9 Å². The SMILES string of the molecule is Clc1ccc(Oc2nc(CNC3CC3)co2)cc1. The monoisotopic (exact) mass is 264 g/mol. The van der Waals surface area contributed by atoms with Crippen LogP contribution in [0.3, 0.4) is 0 Å². The zero-order valence-corrected chi connectivity index (χ0v) is 10.5. The summed E-state index contributed by atoms with van der Waals surface area (Å²) in [6.45, 7) is 0.720. The number of nitrogens with one attached hydrogen (secondary N) is 1. The van der Waals surface area contributed by atoms with Crippen LogP contribution in [0.1, 0.15) is 18.5 Å². The fourth-order valence-electron chi connectivity index (χ4n) is 1.56. The molecule has 3 rings (SSSR count). The van der Waals surface area contributed by atoms with E-state index in [1.54, 1.807) is 30.5 Å². The summed E-state index contributed by atoms with van der Waals surface area (Å²) in [6, 6.07) is 7.72. The van der Waals surface area contributed by atoms with Crippen molar-refractivity contribution in [1.82, 2.24) is 10.3 Å². The summed E-state index contributed by atoms with van der Waals surface area (Å²) >= 11 is 5.79. The molecule has 1 heterocycles. The van der Waals surface area contributed by atoms with E-state index in [1.165, 1.54) is 12.8 Å². The zero-order valence-electron chi connectivity index (χ0n) is 9.73. The van der Waals surface area contributed by atoms with Gasteiger partial charge in [0, 0.05) is 17.6 Å². The lowest BCUT2D eigenvalue weighted by Crippen LogP contribution is -2.15. The fraction of sp³-hybridized carbons (Fsp3) is 0.308. The summed E-state index contributed by atoms with van der Waals surface area (Å²) in [4.78, 5) is 4.24. The number of hydrogen-bond acceptors (Lipinski definition) is 4. The van der Waals surface area contributed by atoms with Crippen molar-refractivity contribution in [3.05, 3.63) is 41.2 Å². The van der Waals surface area contributed by atoms with Gasteiger partial charge in [-0.05, 0) is 37.1 Å². The van der Waals surface area contributed by atoms with Crippen molar-refractivity contribution in [2.75, 3.05) is 0 Å². The highest BCUT2D eigenvalue weighted by Crippen LogP contribution is 2.23. The Morgan fingerprint density at radius 3 is 2.83 bits per heavy atom. The van der Waals surface area contributed by atoms with Crippen LogP contribution in [-0.2, 0) is 6.54 Å². The van der Waals surface area contributed by atoms with Gasteiger partial charge in [-0.25, -0.2) is 0 Å². The molecule has 18 heavy (non-hydrogen) atoms. The Labute approximate surface area is 110 Å². The van der Waals surface area contributed by atoms with Gasteiger partial charge in [0.25, 0.3) is 0 Å². The maximum atomic E-state index is 5.79. The van der Waals surface area contributed by atoms with Crippen molar-refractivity contribution in [1.29, 1.82) is 0 Å². The lowest BCUT2D eigenvalue weighted by molar-refractivity contribution is 0.331. The van der Waals surface area contributed by atoms with Crippen molar-refractivity contribution in [2.24, 2.45) is 0 Å². The van der Waals surface area contributed by atoms with Gasteiger partial charge in [0.05, 0.1) is 5.69 Å². The Morgan fingerprint density at radius 2 is 2.11 bits per heavy atom. The summed E-state index contributed by atoms with van der Waals surface area (Å²) in [5, 5.41) is 4.03. The first-order chi connectivity index (χ1) is 8.79. The van der Waals surface area contributed by atoms with Gasteiger partial charge in [-0.1, -0.05) is 11.6 Å². The standard InChI is InChI=1S/C13H13ClN2O2/c14-9-1-5-12(6-2-9)18-13-16-11(8-17-13)7-15-10-3-4-10/h1-2,5-6,8,10,15H,3-4,7H2. The molecule has 4 nitrogen and oxygen atoms in total. The molecule has 0 atom stereocenters. The Hall–Kier alpha value is -1.52. The summed E-state index contributed by atoms with van der Waals surface area (Å²) in [5.41, 5.74) is 0.853. The summed E-state index contributed by atoms with van der Waals surface area (Å²) < 4.78 is 10.7. The molecule has 1 fully saturated rings. The zero-order chi connectivity index (χ0) is 12.4. The van der Waals surface area contributed by atoms with E-state index in [0.29, 0.717) is 16.8 Å². The third-order valence-electron chi connectivity index (χ3n) is 2.70. The molecule has 0 bridgehead atoms. The second-order valence-corrected chi connectivity index (χ2v) is 4.75. The lowest BCUT2D eigenvalue weighted by atomic mass is 10.3. The highest BCUT2D eigenvalue weighted by molar-refractivity contribution is 6.30. The molecule has 1 N–H and O–H groups in total. The Kier molecular flexibility index (Phi) is 3.21. The Morgan fingerprint density at radius 1 is 1.33 bits per heavy atom. The number of nitrogens with zero attached hydrogens (tertiary/aromatic N) is 1. The van der Waals surface area contributed by atoms with E-state index in [4.69, 9.17) is 20.8 Å². The second-order valence-electron chi connectivity index (χ2n) is 4.32. The molecule has 0 spiro atoms. The Balaban J connectivity index is 1.60. The van der Waals surface area contributed by atoms with E-state index < -0.39 is 0 Å². The summed E-state index contributed by atoms with van der Waals surface area (Å²) in [6.07, 6.45) is 4.38. The maximum absolute atomic E-state index is 5.79. The van der Waals surface area contributed by atoms with Gasteiger partial charge in [-0.2, -0.15) is 4.98 Å². The number of oxazole rings is 1. The third-order valence-corrected chi connectivity index (χ3v) is 2.95. The van der Waals surface area contributed by atoms with Gasteiger partial charge < -0.3 is 14.5 Å². The largest absolute Gasteiger partial charge is 0.417 e. The van der Waals surface area contributed by atoms with Crippen molar-refractivity contribution in [3.63, 3.8) is 0 Å². The highest BCUT2D eigenvalue weighted by atomic mass is 35.5. The molecule has 0 radical (unpaired) electrons. The van der Waals surface area contributed by atoms with Crippen molar-refractivity contribution in [2.45, 2.75) is 25.4 Å². The molecule has 1 aliphatic carbocycles. The first-order valence-corrected chi connectivity index (χ1v) is 6.28. The Bertz CT molecular complexity index is 520. The fourth-order valence-corrected chi connectivity index (χ4v) is 1.68. The summed E-state index contributed by atoms with van der Waals surface area (Å²) in [5.74, 6) is 0.656. The number of hydrogen-bond donors (Lipinski definition) is 1. The number of aromatic nitrogens is 1. The average Bonchev–Trinajstić information content (AvgIpc) is 3.10. The van der Waals surface area contributed by atoms with Crippen LogP contribution in [0.2, 0.25) is 5.02 Å². The first kappa shape index (κ1) is 11.6. The molecular weight excluding hydrogens is 252 g/mol. The second kappa shape index (κ2) is 5.00. The highest BCUT2D eigenvalue weighted by Gasteiger charge is 2.20. The maximum Gasteiger partial charge on any atom is 0.399 e. The van der Waals surface area contributed by atoms with E-state index in [-0.39, 0.29) is 6.08 Å². The molecule has 1 saturated carbocycles. The minimum Gasteiger partial charge on any atom is -0.417 e. The molecular formula is C13H13ClN2O2. The van der Waals surface area contributed by atoms with Crippen LogP contribution in [0, 0.1) is 0 Å². The third kappa shape index (κ3) is 3.03. The quantitative estimate of drug-likeness (QED) is 0.899. The van der Waals surface area contributed by atoms with Crippen LogP contribution < -0.4 is 10.1 Å². The predicted octanol–water partition coefficient (Wildman–Crippen LogP) is 3.37. The normalized spacial score (nSPS) is 14.7. The van der Waals surface area contributed by atoms with Crippen molar-refractivity contribution >= 4 is 11.6 Å². The topological polar surface area (TPSA) is 47.3 Å². The van der Waals surface area contributed by atoms with Crippen molar-refractivity contribution in [3.8, 4) is 11.8 Å². The molecule has 0 unspecified atom stereocenters. The van der Waals surface area contributed by atoms with E-state index in [0.717, 1.165) is 12.2 Å². The number of benzene rings is 1. The van der Waals surface area contributed by atoms with E-state index >= 15 is 0 Å². The summed E-state index contributed by atoms with van der Waals surface area (Å²) in [7, 11) is 0. The predicted molar refractivity (Wildman–Crippen MR) is 67.9 cm³/mol. The number of ether oxygens (including phenoxy) is 1. The van der Waals surface area contributed by atoms with Crippen LogP contribution in [-0.4, -0.2) is 11.0 Å². The molecule has 0 aliphatic heterocycles. The molecule has 0 amide bonds. The van der Waals surface area contributed by atoms with Gasteiger partial charge in [-0.3, -0.25) is 0 Å². The van der Waals surface area contributed by atoms with Gasteiger partial charge in [0.15, 0.2) is 0 Å². The molecule has 1 aliphatic rings. The van der Waals surface area contributed by atoms with Gasteiger partial charge >= 0.3 is 6.08 Å². The van der Waals surface area contributed by atoms with E-state index in [2.05, 4.69) is 10.3 Å². The van der Waals surface area contributed by atoms with Crippen molar-refractivity contribution < 1.29 is 9.15 Å². The van der Waals surface area contributed by atoms with Gasteiger partial charge in [0.1, 0.15) is 12.0 Å². The van der Waals surface area contributed by atoms with E-state index in [9.17, 15) is 0 Å². The first-order valence-electron chi connectivity index (χ1n) is 5.91. The van der Waals surface area contributed by atoms with Crippen LogP contribution in [0.25, 0.3) is 0 Å². The van der Waals surface area contributed by atoms with Gasteiger partial charge in [-0.15, -0.1) is 0 Å². The van der Waals surface area contributed by atoms with E-state index in [1.807, 2.05) is 0 Å².